The van der Waals surface area contributed by atoms with E-state index in [2.05, 4.69) is 5.32 Å². The van der Waals surface area contributed by atoms with Gasteiger partial charge in [-0.05, 0) is 43.3 Å². The summed E-state index contributed by atoms with van der Waals surface area (Å²) in [6.07, 6.45) is -3.92. The number of sulfone groups is 1. The van der Waals surface area contributed by atoms with E-state index in [0.29, 0.717) is 18.4 Å². The number of nitrogens with one attached hydrogen (secondary N) is 1. The van der Waals surface area contributed by atoms with Crippen molar-refractivity contribution < 1.29 is 26.3 Å². The Bertz CT molecular complexity index is 1010. The van der Waals surface area contributed by atoms with Gasteiger partial charge in [-0.25, -0.2) is 8.42 Å². The van der Waals surface area contributed by atoms with Crippen LogP contribution in [0.2, 0.25) is 5.02 Å². The molecule has 0 bridgehead atoms. The first-order valence-corrected chi connectivity index (χ1v) is 10.2. The molecule has 0 spiro atoms. The van der Waals surface area contributed by atoms with Gasteiger partial charge in [0.25, 0.3) is 0 Å². The number of benzene rings is 2. The number of ether oxygens (including phenoxy) is 1. The molecule has 2 aliphatic rings. The molecule has 2 atom stereocenters. The first kappa shape index (κ1) is 18.6. The van der Waals surface area contributed by atoms with E-state index in [4.69, 9.17) is 16.3 Å². The van der Waals surface area contributed by atoms with Crippen LogP contribution in [0.25, 0.3) is 0 Å². The molecule has 9 heteroatoms. The summed E-state index contributed by atoms with van der Waals surface area (Å²) in [7, 11) is -4.15. The highest BCUT2D eigenvalue weighted by molar-refractivity contribution is 7.91. The molecule has 2 aliphatic heterocycles. The lowest BCUT2D eigenvalue weighted by molar-refractivity contribution is -0.137. The van der Waals surface area contributed by atoms with E-state index in [-0.39, 0.29) is 16.9 Å². The maximum atomic E-state index is 13.1. The third-order valence-corrected chi connectivity index (χ3v) is 7.03. The van der Waals surface area contributed by atoms with E-state index in [1.165, 1.54) is 12.1 Å². The zero-order valence-corrected chi connectivity index (χ0v) is 15.5. The SMILES string of the molecule is O=S(=O)(c1ccc2c(c1)OC1CNCCC21)c1ccc(Cl)c(C(F)(F)F)c1. The maximum Gasteiger partial charge on any atom is 0.417 e. The zero-order valence-electron chi connectivity index (χ0n) is 13.9. The zero-order chi connectivity index (χ0) is 19.4. The van der Waals surface area contributed by atoms with Gasteiger partial charge in [0.1, 0.15) is 11.9 Å². The first-order chi connectivity index (χ1) is 12.7. The summed E-state index contributed by atoms with van der Waals surface area (Å²) in [6.45, 7) is 1.53. The van der Waals surface area contributed by atoms with Gasteiger partial charge in [0.15, 0.2) is 0 Å². The maximum absolute atomic E-state index is 13.1. The molecule has 1 saturated heterocycles. The highest BCUT2D eigenvalue weighted by atomic mass is 35.5. The minimum atomic E-state index is -4.74. The third-order valence-electron chi connectivity index (χ3n) is 4.95. The average molecular weight is 418 g/mol. The Morgan fingerprint density at radius 1 is 1.11 bits per heavy atom. The van der Waals surface area contributed by atoms with Crippen LogP contribution in [0.4, 0.5) is 13.2 Å². The molecule has 1 N–H and O–H groups in total. The molecule has 0 aromatic heterocycles. The van der Waals surface area contributed by atoms with Gasteiger partial charge in [-0.1, -0.05) is 17.7 Å². The lowest BCUT2D eigenvalue weighted by atomic mass is 9.90. The summed E-state index contributed by atoms with van der Waals surface area (Å²) in [5.41, 5.74) is -0.243. The highest BCUT2D eigenvalue weighted by Gasteiger charge is 2.38. The quantitative estimate of drug-likeness (QED) is 0.801. The van der Waals surface area contributed by atoms with Crippen molar-refractivity contribution >= 4 is 21.4 Å². The molecule has 0 amide bonds. The summed E-state index contributed by atoms with van der Waals surface area (Å²) in [5, 5.41) is 2.68. The minimum absolute atomic E-state index is 0.0564. The third kappa shape index (κ3) is 3.19. The summed E-state index contributed by atoms with van der Waals surface area (Å²) >= 11 is 5.58. The van der Waals surface area contributed by atoms with Crippen LogP contribution in [0, 0.1) is 0 Å². The second kappa shape index (κ2) is 6.39. The van der Waals surface area contributed by atoms with Crippen molar-refractivity contribution in [3.05, 3.63) is 52.5 Å². The van der Waals surface area contributed by atoms with E-state index in [1.807, 2.05) is 0 Å². The molecule has 27 heavy (non-hydrogen) atoms. The Morgan fingerprint density at radius 2 is 1.81 bits per heavy atom. The predicted octanol–water partition coefficient (Wildman–Crippen LogP) is 4.03. The monoisotopic (exact) mass is 417 g/mol. The molecular weight excluding hydrogens is 403 g/mol. The minimum Gasteiger partial charge on any atom is -0.488 e. The summed E-state index contributed by atoms with van der Waals surface area (Å²) in [4.78, 5) is -0.570. The van der Waals surface area contributed by atoms with Crippen LogP contribution in [0.1, 0.15) is 23.5 Å². The fraction of sp³-hybridized carbons (Fsp3) is 0.333. The molecule has 4 nitrogen and oxygen atoms in total. The Kier molecular flexibility index (Phi) is 4.40. The topological polar surface area (TPSA) is 55.4 Å². The lowest BCUT2D eigenvalue weighted by Gasteiger charge is -2.24. The number of hydrogen-bond acceptors (Lipinski definition) is 4. The Labute approximate surface area is 159 Å². The van der Waals surface area contributed by atoms with Gasteiger partial charge in [-0.15, -0.1) is 0 Å². The van der Waals surface area contributed by atoms with E-state index >= 15 is 0 Å². The predicted molar refractivity (Wildman–Crippen MR) is 93.0 cm³/mol. The number of hydrogen-bond donors (Lipinski definition) is 1. The van der Waals surface area contributed by atoms with Crippen molar-refractivity contribution in [2.24, 2.45) is 0 Å². The fourth-order valence-corrected chi connectivity index (χ4v) is 5.11. The molecule has 2 aromatic rings. The number of alkyl halides is 3. The highest BCUT2D eigenvalue weighted by Crippen LogP contribution is 2.43. The molecule has 2 unspecified atom stereocenters. The van der Waals surface area contributed by atoms with Gasteiger partial charge >= 0.3 is 6.18 Å². The van der Waals surface area contributed by atoms with E-state index in [0.717, 1.165) is 30.7 Å². The lowest BCUT2D eigenvalue weighted by Crippen LogP contribution is -2.39. The molecule has 4 rings (SSSR count). The molecule has 0 radical (unpaired) electrons. The standard InChI is InChI=1S/C18H15ClF3NO3S/c19-15-4-2-10(7-14(15)18(20,21)22)27(24,25)11-1-3-12-13-5-6-23-9-17(13)26-16(12)8-11/h1-4,7-8,13,17,23H,5-6,9H2. The van der Waals surface area contributed by atoms with E-state index in [9.17, 15) is 21.6 Å². The van der Waals surface area contributed by atoms with Crippen LogP contribution in [-0.4, -0.2) is 27.6 Å². The van der Waals surface area contributed by atoms with Crippen LogP contribution in [0.15, 0.2) is 46.2 Å². The van der Waals surface area contributed by atoms with E-state index < -0.39 is 31.5 Å². The number of piperidine rings is 1. The Balaban J connectivity index is 1.74. The normalized spacial score (nSPS) is 22.1. The number of halogens is 4. The first-order valence-electron chi connectivity index (χ1n) is 8.31. The van der Waals surface area contributed by atoms with E-state index in [1.54, 1.807) is 6.07 Å². The van der Waals surface area contributed by atoms with Gasteiger partial charge in [0.2, 0.25) is 9.84 Å². The van der Waals surface area contributed by atoms with Gasteiger partial charge in [0.05, 0.1) is 20.4 Å². The second-order valence-corrected chi connectivity index (χ2v) is 8.95. The van der Waals surface area contributed by atoms with Gasteiger partial charge in [-0.3, -0.25) is 0 Å². The van der Waals surface area contributed by atoms with Crippen molar-refractivity contribution in [3.8, 4) is 5.75 Å². The van der Waals surface area contributed by atoms with Crippen molar-refractivity contribution in [2.75, 3.05) is 13.1 Å². The molecular formula is C18H15ClF3NO3S. The largest absolute Gasteiger partial charge is 0.488 e. The number of rotatable bonds is 2. The molecule has 2 heterocycles. The molecule has 1 fully saturated rings. The smallest absolute Gasteiger partial charge is 0.417 e. The van der Waals surface area contributed by atoms with Crippen LogP contribution in [0.3, 0.4) is 0 Å². The Hall–Kier alpha value is -1.77. The molecule has 0 saturated carbocycles. The molecule has 2 aromatic carbocycles. The fourth-order valence-electron chi connectivity index (χ4n) is 3.59. The van der Waals surface area contributed by atoms with Gasteiger partial charge in [0, 0.05) is 18.0 Å². The van der Waals surface area contributed by atoms with Crippen molar-refractivity contribution in [2.45, 2.75) is 34.4 Å². The van der Waals surface area contributed by atoms with Crippen LogP contribution in [-0.2, 0) is 16.0 Å². The van der Waals surface area contributed by atoms with Crippen molar-refractivity contribution in [1.29, 1.82) is 0 Å². The second-order valence-electron chi connectivity index (χ2n) is 6.60. The van der Waals surface area contributed by atoms with Crippen molar-refractivity contribution in [3.63, 3.8) is 0 Å². The average Bonchev–Trinajstić information content (AvgIpc) is 2.98. The molecule has 144 valence electrons. The number of fused-ring (bicyclic) bond motifs is 3. The van der Waals surface area contributed by atoms with Crippen LogP contribution < -0.4 is 10.1 Å². The molecule has 0 aliphatic carbocycles. The van der Waals surface area contributed by atoms with Crippen LogP contribution in [0.5, 0.6) is 5.75 Å². The van der Waals surface area contributed by atoms with Crippen LogP contribution >= 0.6 is 11.6 Å². The Morgan fingerprint density at radius 3 is 2.56 bits per heavy atom. The summed E-state index contributed by atoms with van der Waals surface area (Å²) in [5.74, 6) is 0.671. The summed E-state index contributed by atoms with van der Waals surface area (Å²) in [6, 6.07) is 7.09. The van der Waals surface area contributed by atoms with Gasteiger partial charge in [-0.2, -0.15) is 13.2 Å². The summed E-state index contributed by atoms with van der Waals surface area (Å²) < 4.78 is 70.8. The van der Waals surface area contributed by atoms with Gasteiger partial charge < -0.3 is 10.1 Å². The van der Waals surface area contributed by atoms with Crippen molar-refractivity contribution in [1.82, 2.24) is 5.32 Å².